The minimum absolute atomic E-state index is 0.212. The molecule has 0 spiro atoms. The zero-order valence-corrected chi connectivity index (χ0v) is 14.3. The van der Waals surface area contributed by atoms with E-state index in [9.17, 15) is 4.39 Å². The van der Waals surface area contributed by atoms with Crippen LogP contribution in [0.25, 0.3) is 10.6 Å². The fourth-order valence-electron chi connectivity index (χ4n) is 3.14. The molecule has 0 fully saturated rings. The summed E-state index contributed by atoms with van der Waals surface area (Å²) in [5, 5.41) is 8.81. The number of nitrogens with zero attached hydrogens (tertiary/aromatic N) is 3. The van der Waals surface area contributed by atoms with Crippen molar-refractivity contribution in [1.82, 2.24) is 20.1 Å². The van der Waals surface area contributed by atoms with Gasteiger partial charge in [0.2, 0.25) is 0 Å². The topological polar surface area (TPSA) is 42.7 Å². The van der Waals surface area contributed by atoms with Crippen molar-refractivity contribution in [3.05, 3.63) is 58.6 Å². The second kappa shape index (κ2) is 6.45. The molecule has 1 aliphatic rings. The minimum Gasteiger partial charge on any atom is -0.303 e. The van der Waals surface area contributed by atoms with Gasteiger partial charge in [-0.05, 0) is 49.6 Å². The molecule has 1 atom stereocenters. The van der Waals surface area contributed by atoms with E-state index < -0.39 is 0 Å². The summed E-state index contributed by atoms with van der Waals surface area (Å²) < 4.78 is 15.0. The number of hydrogen-bond donors (Lipinski definition) is 1. The van der Waals surface area contributed by atoms with Crippen molar-refractivity contribution in [1.29, 1.82) is 0 Å². The average molecular weight is 342 g/mol. The number of nitrogens with one attached hydrogen (secondary N) is 1. The van der Waals surface area contributed by atoms with Crippen LogP contribution in [0.5, 0.6) is 0 Å². The molecule has 1 unspecified atom stereocenters. The lowest BCUT2D eigenvalue weighted by atomic mass is 9.97. The smallest absolute Gasteiger partial charge is 0.123 e. The largest absolute Gasteiger partial charge is 0.303 e. The molecule has 0 saturated carbocycles. The van der Waals surface area contributed by atoms with Crippen LogP contribution in [0.15, 0.2) is 36.5 Å². The zero-order valence-electron chi connectivity index (χ0n) is 13.5. The first-order valence-electron chi connectivity index (χ1n) is 8.16. The summed E-state index contributed by atoms with van der Waals surface area (Å²) in [6.07, 6.45) is 5.16. The van der Waals surface area contributed by atoms with Crippen LogP contribution in [-0.4, -0.2) is 14.8 Å². The third-order valence-electron chi connectivity index (χ3n) is 4.50. The molecular formula is C18H19FN4S. The first-order chi connectivity index (χ1) is 11.7. The van der Waals surface area contributed by atoms with Gasteiger partial charge >= 0.3 is 0 Å². The van der Waals surface area contributed by atoms with E-state index in [1.54, 1.807) is 23.5 Å². The molecule has 4 rings (SSSR count). The molecule has 24 heavy (non-hydrogen) atoms. The van der Waals surface area contributed by atoms with Gasteiger partial charge in [-0.3, -0.25) is 4.68 Å². The number of hydrogen-bond acceptors (Lipinski definition) is 4. The second-order valence-electron chi connectivity index (χ2n) is 6.11. The SMILES string of the molecule is Cn1nccc1CNC1CCCc2sc(-c3ccc(F)cc3)nc21. The summed E-state index contributed by atoms with van der Waals surface area (Å²) in [5.74, 6) is -0.212. The van der Waals surface area contributed by atoms with Gasteiger partial charge < -0.3 is 5.32 Å². The normalized spacial score (nSPS) is 17.0. The predicted octanol–water partition coefficient (Wildman–Crippen LogP) is 3.85. The second-order valence-corrected chi connectivity index (χ2v) is 7.19. The van der Waals surface area contributed by atoms with Crippen LogP contribution in [0.4, 0.5) is 4.39 Å². The number of thiazole rings is 1. The first kappa shape index (κ1) is 15.5. The fraction of sp³-hybridized carbons (Fsp3) is 0.333. The van der Waals surface area contributed by atoms with Crippen LogP contribution in [0.3, 0.4) is 0 Å². The molecule has 6 heteroatoms. The van der Waals surface area contributed by atoms with Crippen LogP contribution >= 0.6 is 11.3 Å². The van der Waals surface area contributed by atoms with Crippen LogP contribution in [0.1, 0.15) is 35.1 Å². The molecule has 1 aromatic carbocycles. The minimum atomic E-state index is -0.212. The molecular weight excluding hydrogens is 323 g/mol. The van der Waals surface area contributed by atoms with E-state index in [0.29, 0.717) is 0 Å². The van der Waals surface area contributed by atoms with E-state index >= 15 is 0 Å². The van der Waals surface area contributed by atoms with Gasteiger partial charge in [0.05, 0.1) is 17.4 Å². The van der Waals surface area contributed by atoms with Crippen LogP contribution in [0, 0.1) is 5.82 Å². The van der Waals surface area contributed by atoms with Crippen molar-refractivity contribution in [2.45, 2.75) is 31.8 Å². The Morgan fingerprint density at radius 3 is 2.88 bits per heavy atom. The zero-order chi connectivity index (χ0) is 16.5. The van der Waals surface area contributed by atoms with E-state index in [0.717, 1.165) is 41.3 Å². The molecule has 3 aromatic rings. The van der Waals surface area contributed by atoms with E-state index in [2.05, 4.69) is 10.4 Å². The lowest BCUT2D eigenvalue weighted by molar-refractivity contribution is 0.445. The Hall–Kier alpha value is -2.05. The Bertz CT molecular complexity index is 837. The highest BCUT2D eigenvalue weighted by Crippen LogP contribution is 2.37. The molecule has 1 N–H and O–H groups in total. The maximum atomic E-state index is 13.1. The van der Waals surface area contributed by atoms with Crippen molar-refractivity contribution in [3.63, 3.8) is 0 Å². The van der Waals surface area contributed by atoms with Gasteiger partial charge in [0, 0.05) is 30.2 Å². The van der Waals surface area contributed by atoms with Gasteiger partial charge in [0.1, 0.15) is 10.8 Å². The molecule has 4 nitrogen and oxygen atoms in total. The quantitative estimate of drug-likeness (QED) is 0.783. The number of aromatic nitrogens is 3. The highest BCUT2D eigenvalue weighted by atomic mass is 32.1. The molecule has 0 radical (unpaired) electrons. The van der Waals surface area contributed by atoms with E-state index in [4.69, 9.17) is 4.98 Å². The Morgan fingerprint density at radius 2 is 2.12 bits per heavy atom. The van der Waals surface area contributed by atoms with E-state index in [-0.39, 0.29) is 11.9 Å². The Kier molecular flexibility index (Phi) is 4.16. The van der Waals surface area contributed by atoms with Crippen LogP contribution < -0.4 is 5.32 Å². The van der Waals surface area contributed by atoms with Gasteiger partial charge in [0.25, 0.3) is 0 Å². The highest BCUT2D eigenvalue weighted by molar-refractivity contribution is 7.15. The van der Waals surface area contributed by atoms with Gasteiger partial charge in [0.15, 0.2) is 0 Å². The maximum absolute atomic E-state index is 13.1. The molecule has 1 aliphatic carbocycles. The monoisotopic (exact) mass is 342 g/mol. The van der Waals surface area contributed by atoms with Gasteiger partial charge in [-0.25, -0.2) is 9.37 Å². The summed E-state index contributed by atoms with van der Waals surface area (Å²) in [7, 11) is 1.96. The van der Waals surface area contributed by atoms with Crippen molar-refractivity contribution in [2.24, 2.45) is 7.05 Å². The molecule has 124 valence electrons. The van der Waals surface area contributed by atoms with Crippen molar-refractivity contribution in [3.8, 4) is 10.6 Å². The van der Waals surface area contributed by atoms with Gasteiger partial charge in [-0.15, -0.1) is 11.3 Å². The lowest BCUT2D eigenvalue weighted by Gasteiger charge is -2.22. The number of aryl methyl sites for hydroxylation is 2. The Morgan fingerprint density at radius 1 is 1.29 bits per heavy atom. The molecule has 0 saturated heterocycles. The van der Waals surface area contributed by atoms with Gasteiger partial charge in [-0.1, -0.05) is 0 Å². The third-order valence-corrected chi connectivity index (χ3v) is 5.68. The standard InChI is InChI=1S/C18H19FN4S/c1-23-14(9-10-21-23)11-20-15-3-2-4-16-17(15)22-18(24-16)12-5-7-13(19)8-6-12/h5-10,15,20H,2-4,11H2,1H3. The number of rotatable bonds is 4. The Labute approximate surface area is 144 Å². The van der Waals surface area contributed by atoms with Crippen LogP contribution in [0.2, 0.25) is 0 Å². The number of benzene rings is 1. The summed E-state index contributed by atoms with van der Waals surface area (Å²) in [6.45, 7) is 0.782. The summed E-state index contributed by atoms with van der Waals surface area (Å²) in [5.41, 5.74) is 3.31. The van der Waals surface area contributed by atoms with Crippen LogP contribution in [-0.2, 0) is 20.0 Å². The van der Waals surface area contributed by atoms with E-state index in [1.807, 2.05) is 24.0 Å². The summed E-state index contributed by atoms with van der Waals surface area (Å²) in [4.78, 5) is 6.22. The molecule has 0 aliphatic heterocycles. The van der Waals surface area contributed by atoms with Crippen molar-refractivity contribution in [2.75, 3.05) is 0 Å². The third kappa shape index (κ3) is 2.99. The lowest BCUT2D eigenvalue weighted by Crippen LogP contribution is -2.25. The van der Waals surface area contributed by atoms with Crippen molar-refractivity contribution >= 4 is 11.3 Å². The summed E-state index contributed by atoms with van der Waals surface area (Å²) >= 11 is 1.73. The highest BCUT2D eigenvalue weighted by Gasteiger charge is 2.25. The fourth-order valence-corrected chi connectivity index (χ4v) is 4.31. The molecule has 2 heterocycles. The maximum Gasteiger partial charge on any atom is 0.123 e. The predicted molar refractivity (Wildman–Crippen MR) is 93.2 cm³/mol. The van der Waals surface area contributed by atoms with Crippen molar-refractivity contribution < 1.29 is 4.39 Å². The van der Waals surface area contributed by atoms with E-state index in [1.165, 1.54) is 23.4 Å². The first-order valence-corrected chi connectivity index (χ1v) is 8.98. The number of fused-ring (bicyclic) bond motifs is 1. The average Bonchev–Trinajstić information content (AvgIpc) is 3.20. The van der Waals surface area contributed by atoms with Gasteiger partial charge in [-0.2, -0.15) is 5.10 Å². The molecule has 2 aromatic heterocycles. The molecule has 0 bridgehead atoms. The Balaban J connectivity index is 1.56. The summed E-state index contributed by atoms with van der Waals surface area (Å²) in [6, 6.07) is 8.90. The molecule has 0 amide bonds. The number of halogens is 1.